The summed E-state index contributed by atoms with van der Waals surface area (Å²) in [4.78, 5) is 0. The molecule has 0 aliphatic rings. The minimum Gasteiger partial charge on any atom is -0.343 e. The zero-order valence-electron chi connectivity index (χ0n) is 12.0. The van der Waals surface area contributed by atoms with E-state index in [0.29, 0.717) is 5.92 Å². The first-order valence-electron chi connectivity index (χ1n) is 4.42. The molecule has 72 valence electrons. The minimum absolute atomic E-state index is 0. The summed E-state index contributed by atoms with van der Waals surface area (Å²) < 4.78 is 0. The van der Waals surface area contributed by atoms with Crippen LogP contribution in [0.1, 0.15) is 47.5 Å². The molecule has 0 bridgehead atoms. The van der Waals surface area contributed by atoms with Crippen molar-refractivity contribution in [2.75, 3.05) is 0 Å². The molecule has 0 radical (unpaired) electrons. The summed E-state index contributed by atoms with van der Waals surface area (Å²) in [6, 6.07) is 0. The first-order valence-corrected chi connectivity index (χ1v) is 4.42. The summed E-state index contributed by atoms with van der Waals surface area (Å²) in [7, 11) is 0. The molecule has 0 aliphatic carbocycles. The standard InChI is InChI=1S/2C4H9.C3H7.3K/c1-4(2)3;1-3-4-2;1-3-2;;;/h4H,1H2,2-3H3;1,3-4H2,2H3;3H,1-2H3;;;/q3*-1;3*+1. The SMILES string of the molecule is C[CH-]C.[CH2-]C(C)C.[CH2-]CCC.[K+].[K+].[K+]. The van der Waals surface area contributed by atoms with Crippen molar-refractivity contribution in [1.29, 1.82) is 0 Å². The van der Waals surface area contributed by atoms with Crippen LogP contribution in [0.25, 0.3) is 0 Å². The van der Waals surface area contributed by atoms with E-state index in [4.69, 9.17) is 0 Å². The van der Waals surface area contributed by atoms with Gasteiger partial charge >= 0.3 is 154 Å². The van der Waals surface area contributed by atoms with Crippen molar-refractivity contribution in [2.45, 2.75) is 47.5 Å². The topological polar surface area (TPSA) is 0 Å². The molecule has 0 aromatic carbocycles. The Bertz CT molecular complexity index is 34.8. The molecule has 0 rings (SSSR count). The van der Waals surface area contributed by atoms with Crippen LogP contribution in [-0.2, 0) is 0 Å². The zero-order chi connectivity index (χ0) is 9.70. The summed E-state index contributed by atoms with van der Waals surface area (Å²) in [5, 5.41) is 0. The Morgan fingerprint density at radius 3 is 1.14 bits per heavy atom. The second-order valence-electron chi connectivity index (χ2n) is 2.82. The van der Waals surface area contributed by atoms with Crippen molar-refractivity contribution in [3.63, 3.8) is 0 Å². The van der Waals surface area contributed by atoms with E-state index >= 15 is 0 Å². The van der Waals surface area contributed by atoms with Crippen LogP contribution >= 0.6 is 0 Å². The molecule has 0 fully saturated rings. The number of hydrogen-bond donors (Lipinski definition) is 0. The van der Waals surface area contributed by atoms with Crippen molar-refractivity contribution < 1.29 is 154 Å². The fourth-order valence-electron chi connectivity index (χ4n) is 0. The van der Waals surface area contributed by atoms with E-state index in [-0.39, 0.29) is 154 Å². The van der Waals surface area contributed by atoms with Crippen LogP contribution in [0.4, 0.5) is 0 Å². The van der Waals surface area contributed by atoms with E-state index in [1.54, 1.807) is 0 Å². The Hall–Kier alpha value is 4.91. The van der Waals surface area contributed by atoms with Gasteiger partial charge in [0.05, 0.1) is 0 Å². The van der Waals surface area contributed by atoms with E-state index in [9.17, 15) is 0 Å². The van der Waals surface area contributed by atoms with Gasteiger partial charge in [-0.1, -0.05) is 27.2 Å². The van der Waals surface area contributed by atoms with Gasteiger partial charge in [0, 0.05) is 0 Å². The summed E-state index contributed by atoms with van der Waals surface area (Å²) in [5.74, 6) is 0.583. The first kappa shape index (κ1) is 36.4. The zero-order valence-corrected chi connectivity index (χ0v) is 21.4. The summed E-state index contributed by atoms with van der Waals surface area (Å²) in [6.45, 7) is 17.5. The van der Waals surface area contributed by atoms with Crippen molar-refractivity contribution in [3.8, 4) is 0 Å². The monoisotopic (exact) mass is 274 g/mol. The van der Waals surface area contributed by atoms with Gasteiger partial charge in [0.1, 0.15) is 0 Å². The Morgan fingerprint density at radius 1 is 1.07 bits per heavy atom. The molecule has 0 aromatic rings. The van der Waals surface area contributed by atoms with Gasteiger partial charge in [-0.3, -0.25) is 0 Å². The van der Waals surface area contributed by atoms with Crippen LogP contribution in [0.2, 0.25) is 0 Å². The van der Waals surface area contributed by atoms with E-state index in [1.165, 1.54) is 6.42 Å². The fraction of sp³-hybridized carbons (Fsp3) is 0.727. The van der Waals surface area contributed by atoms with E-state index < -0.39 is 0 Å². The van der Waals surface area contributed by atoms with Crippen LogP contribution in [-0.4, -0.2) is 0 Å². The van der Waals surface area contributed by atoms with Gasteiger partial charge in [-0.15, -0.1) is 0 Å². The molecule has 0 N–H and O–H groups in total. The van der Waals surface area contributed by atoms with Crippen LogP contribution in [0.3, 0.4) is 0 Å². The van der Waals surface area contributed by atoms with E-state index in [0.717, 1.165) is 6.42 Å². The first-order chi connectivity index (χ1) is 5.06. The Kier molecular flexibility index (Phi) is 112. The van der Waals surface area contributed by atoms with Crippen molar-refractivity contribution in [3.05, 3.63) is 20.3 Å². The molecule has 0 atom stereocenters. The predicted molar refractivity (Wildman–Crippen MR) is 56.1 cm³/mol. The molecule has 0 aromatic heterocycles. The van der Waals surface area contributed by atoms with Gasteiger partial charge in [0.15, 0.2) is 0 Å². The fourth-order valence-corrected chi connectivity index (χ4v) is 0. The molecule has 0 spiro atoms. The summed E-state index contributed by atoms with van der Waals surface area (Å²) in [6.07, 6.45) is 4.28. The molecule has 3 heteroatoms. The van der Waals surface area contributed by atoms with Crippen molar-refractivity contribution in [2.24, 2.45) is 5.92 Å². The molecular formula is C11H25K3. The third kappa shape index (κ3) is 123. The Balaban J connectivity index is -0.0000000156. The average Bonchev–Trinajstić information content (AvgIpc) is 1.88. The molecule has 0 nitrogen and oxygen atoms in total. The maximum Gasteiger partial charge on any atom is 1.00 e. The van der Waals surface area contributed by atoms with Gasteiger partial charge in [-0.25, -0.2) is 0 Å². The van der Waals surface area contributed by atoms with Crippen molar-refractivity contribution in [1.82, 2.24) is 0 Å². The van der Waals surface area contributed by atoms with Gasteiger partial charge in [-0.2, -0.15) is 26.2 Å². The molecule has 14 heavy (non-hydrogen) atoms. The van der Waals surface area contributed by atoms with Crippen LogP contribution in [0.5, 0.6) is 0 Å². The van der Waals surface area contributed by atoms with Gasteiger partial charge in [-0.05, 0) is 0 Å². The second kappa shape index (κ2) is 43.0. The van der Waals surface area contributed by atoms with E-state index in [2.05, 4.69) is 34.6 Å². The predicted octanol–water partition coefficient (Wildman–Crippen LogP) is -4.66. The average molecular weight is 275 g/mol. The molecule has 0 aliphatic heterocycles. The number of hydrogen-bond acceptors (Lipinski definition) is 0. The van der Waals surface area contributed by atoms with Gasteiger partial charge < -0.3 is 20.3 Å². The van der Waals surface area contributed by atoms with Crippen LogP contribution < -0.4 is 154 Å². The quantitative estimate of drug-likeness (QED) is 0.333. The van der Waals surface area contributed by atoms with Gasteiger partial charge in [0.2, 0.25) is 0 Å². The summed E-state index contributed by atoms with van der Waals surface area (Å²) >= 11 is 0. The van der Waals surface area contributed by atoms with Gasteiger partial charge in [0.25, 0.3) is 0 Å². The third-order valence-electron chi connectivity index (χ3n) is 0.354. The van der Waals surface area contributed by atoms with Crippen LogP contribution in [0.15, 0.2) is 0 Å². The number of unbranched alkanes of at least 4 members (excludes halogenated alkanes) is 1. The maximum atomic E-state index is 3.64. The smallest absolute Gasteiger partial charge is 0.343 e. The molecule has 0 amide bonds. The second-order valence-corrected chi connectivity index (χ2v) is 2.82. The molecule has 0 unspecified atom stereocenters. The Morgan fingerprint density at radius 2 is 1.14 bits per heavy atom. The largest absolute Gasteiger partial charge is 1.00 e. The Labute approximate surface area is 221 Å². The minimum atomic E-state index is 0. The molecule has 0 heterocycles. The van der Waals surface area contributed by atoms with Crippen molar-refractivity contribution >= 4 is 0 Å². The summed E-state index contributed by atoms with van der Waals surface area (Å²) in [5.41, 5.74) is 0. The normalized spacial score (nSPS) is 6.00. The maximum absolute atomic E-state index is 3.64. The van der Waals surface area contributed by atoms with Crippen LogP contribution in [0, 0.1) is 26.2 Å². The molecular weight excluding hydrogens is 249 g/mol. The number of rotatable bonds is 1. The van der Waals surface area contributed by atoms with E-state index in [1.807, 2.05) is 20.3 Å². The third-order valence-corrected chi connectivity index (χ3v) is 0.354. The molecule has 0 saturated carbocycles. The molecule has 0 saturated heterocycles.